The first-order valence-corrected chi connectivity index (χ1v) is 9.25. The highest BCUT2D eigenvalue weighted by Gasteiger charge is 2.21. The fourth-order valence-corrected chi connectivity index (χ4v) is 2.87. The highest BCUT2D eigenvalue weighted by Crippen LogP contribution is 2.21. The Kier molecular flexibility index (Phi) is 6.78. The number of anilines is 1. The van der Waals surface area contributed by atoms with Crippen LogP contribution in [-0.4, -0.2) is 44.1 Å². The number of hydrogen-bond donors (Lipinski definition) is 1. The summed E-state index contributed by atoms with van der Waals surface area (Å²) in [6, 6.07) is 12.1. The van der Waals surface area contributed by atoms with E-state index in [0.717, 1.165) is 12.1 Å². The number of carbonyl (C=O) groups is 3. The average Bonchev–Trinajstić information content (AvgIpc) is 3.16. The quantitative estimate of drug-likeness (QED) is 0.543. The summed E-state index contributed by atoms with van der Waals surface area (Å²) in [5.41, 5.74) is 1.14. The monoisotopic (exact) mass is 400 g/mol. The van der Waals surface area contributed by atoms with Crippen LogP contribution in [-0.2, 0) is 14.3 Å². The van der Waals surface area contributed by atoms with E-state index in [0.29, 0.717) is 24.3 Å². The Morgan fingerprint density at radius 1 is 1.03 bits per heavy atom. The third kappa shape index (κ3) is 5.78. The van der Waals surface area contributed by atoms with Crippen molar-refractivity contribution in [2.24, 2.45) is 0 Å². The smallest absolute Gasteiger partial charge is 0.325 e. The molecule has 0 bridgehead atoms. The number of nitrogens with one attached hydrogen (secondary N) is 1. The standard InChI is InChI=1S/C21H21FN2O5/c22-16-5-9-18(10-6-16)28-12-13-29-20(26)14-23-21(27)15-3-7-17(8-4-15)24-11-1-2-19(24)25/h3-10H,1-2,11-14H2,(H,23,27). The summed E-state index contributed by atoms with van der Waals surface area (Å²) in [5.74, 6) is -0.828. The van der Waals surface area contributed by atoms with E-state index in [9.17, 15) is 18.8 Å². The van der Waals surface area contributed by atoms with Gasteiger partial charge in [-0.2, -0.15) is 0 Å². The minimum absolute atomic E-state index is 0.00460. The number of ether oxygens (including phenoxy) is 2. The van der Waals surface area contributed by atoms with E-state index < -0.39 is 11.9 Å². The fourth-order valence-electron chi connectivity index (χ4n) is 2.87. The van der Waals surface area contributed by atoms with Crippen LogP contribution >= 0.6 is 0 Å². The van der Waals surface area contributed by atoms with Gasteiger partial charge in [-0.3, -0.25) is 14.4 Å². The molecule has 0 aliphatic carbocycles. The summed E-state index contributed by atoms with van der Waals surface area (Å²) >= 11 is 0. The normalized spacial score (nSPS) is 13.3. The zero-order chi connectivity index (χ0) is 20.6. The number of nitrogens with zero attached hydrogens (tertiary/aromatic N) is 1. The number of amides is 2. The van der Waals surface area contributed by atoms with Crippen molar-refractivity contribution in [1.29, 1.82) is 0 Å². The molecule has 2 aromatic carbocycles. The second-order valence-corrected chi connectivity index (χ2v) is 6.40. The zero-order valence-electron chi connectivity index (χ0n) is 15.7. The molecule has 1 aliphatic rings. The van der Waals surface area contributed by atoms with Crippen LogP contribution in [0, 0.1) is 5.82 Å². The van der Waals surface area contributed by atoms with Crippen molar-refractivity contribution in [3.8, 4) is 5.75 Å². The predicted octanol–water partition coefficient (Wildman–Crippen LogP) is 2.30. The van der Waals surface area contributed by atoms with Crippen molar-refractivity contribution >= 4 is 23.5 Å². The lowest BCUT2D eigenvalue weighted by atomic mass is 10.2. The molecule has 1 fully saturated rings. The molecule has 3 rings (SSSR count). The van der Waals surface area contributed by atoms with Gasteiger partial charge in [0.05, 0.1) is 0 Å². The second-order valence-electron chi connectivity index (χ2n) is 6.40. The van der Waals surface area contributed by atoms with Gasteiger partial charge in [0.2, 0.25) is 5.91 Å². The van der Waals surface area contributed by atoms with Gasteiger partial charge in [0.15, 0.2) is 0 Å². The molecule has 8 heteroatoms. The number of rotatable bonds is 8. The van der Waals surface area contributed by atoms with Gasteiger partial charge in [0.1, 0.15) is 31.3 Å². The highest BCUT2D eigenvalue weighted by molar-refractivity contribution is 5.98. The first-order chi connectivity index (χ1) is 14.0. The van der Waals surface area contributed by atoms with Crippen molar-refractivity contribution in [2.75, 3.05) is 31.2 Å². The molecule has 2 aromatic rings. The second kappa shape index (κ2) is 9.68. The molecule has 1 saturated heterocycles. The average molecular weight is 400 g/mol. The minimum atomic E-state index is -0.597. The minimum Gasteiger partial charge on any atom is -0.490 e. The maximum absolute atomic E-state index is 12.8. The van der Waals surface area contributed by atoms with E-state index in [1.54, 1.807) is 29.2 Å². The first-order valence-electron chi connectivity index (χ1n) is 9.25. The van der Waals surface area contributed by atoms with Crippen LogP contribution in [0.15, 0.2) is 48.5 Å². The van der Waals surface area contributed by atoms with Gasteiger partial charge in [0, 0.05) is 24.2 Å². The molecule has 7 nitrogen and oxygen atoms in total. The van der Waals surface area contributed by atoms with Crippen LogP contribution in [0.3, 0.4) is 0 Å². The Balaban J connectivity index is 1.36. The molecule has 0 radical (unpaired) electrons. The van der Waals surface area contributed by atoms with Crippen LogP contribution in [0.1, 0.15) is 23.2 Å². The highest BCUT2D eigenvalue weighted by atomic mass is 19.1. The van der Waals surface area contributed by atoms with Crippen LogP contribution in [0.5, 0.6) is 5.75 Å². The number of hydrogen-bond acceptors (Lipinski definition) is 5. The van der Waals surface area contributed by atoms with Gasteiger partial charge in [-0.05, 0) is 55.0 Å². The van der Waals surface area contributed by atoms with Gasteiger partial charge in [-0.1, -0.05) is 0 Å². The van der Waals surface area contributed by atoms with E-state index in [1.807, 2.05) is 0 Å². The van der Waals surface area contributed by atoms with E-state index in [2.05, 4.69) is 5.32 Å². The topological polar surface area (TPSA) is 84.9 Å². The maximum Gasteiger partial charge on any atom is 0.325 e. The summed E-state index contributed by atoms with van der Waals surface area (Å²) in [7, 11) is 0. The Hall–Kier alpha value is -3.42. The SMILES string of the molecule is O=C(CNC(=O)c1ccc(N2CCCC2=O)cc1)OCCOc1ccc(F)cc1. The van der Waals surface area contributed by atoms with Crippen LogP contribution in [0.25, 0.3) is 0 Å². The fraction of sp³-hybridized carbons (Fsp3) is 0.286. The predicted molar refractivity (Wildman–Crippen MR) is 103 cm³/mol. The molecule has 0 spiro atoms. The molecule has 29 heavy (non-hydrogen) atoms. The molecular weight excluding hydrogens is 379 g/mol. The van der Waals surface area contributed by atoms with Crippen molar-refractivity contribution in [3.63, 3.8) is 0 Å². The summed E-state index contributed by atoms with van der Waals surface area (Å²) < 4.78 is 23.1. The first kappa shape index (κ1) is 20.3. The summed E-state index contributed by atoms with van der Waals surface area (Å²) in [5, 5.41) is 2.48. The molecule has 0 unspecified atom stereocenters. The number of esters is 1. The third-order valence-corrected chi connectivity index (χ3v) is 4.34. The van der Waals surface area contributed by atoms with Gasteiger partial charge in [-0.25, -0.2) is 4.39 Å². The lowest BCUT2D eigenvalue weighted by Crippen LogP contribution is -2.31. The Morgan fingerprint density at radius 2 is 1.76 bits per heavy atom. The maximum atomic E-state index is 12.8. The van der Waals surface area contributed by atoms with Gasteiger partial charge in [0.25, 0.3) is 5.91 Å². The number of carbonyl (C=O) groups excluding carboxylic acids is 3. The van der Waals surface area contributed by atoms with Crippen LogP contribution in [0.2, 0.25) is 0 Å². The number of halogens is 1. The summed E-state index contributed by atoms with van der Waals surface area (Å²) in [6.07, 6.45) is 1.37. The van der Waals surface area contributed by atoms with E-state index in [1.165, 1.54) is 24.3 Å². The molecule has 0 atom stereocenters. The molecule has 0 saturated carbocycles. The Bertz CT molecular complexity index is 868. The molecule has 1 heterocycles. The molecule has 1 aliphatic heterocycles. The molecule has 152 valence electrons. The van der Waals surface area contributed by atoms with E-state index >= 15 is 0 Å². The molecule has 2 amide bonds. The van der Waals surface area contributed by atoms with E-state index in [4.69, 9.17) is 9.47 Å². The van der Waals surface area contributed by atoms with Crippen molar-refractivity contribution in [3.05, 3.63) is 59.9 Å². The van der Waals surface area contributed by atoms with Gasteiger partial charge < -0.3 is 19.7 Å². The van der Waals surface area contributed by atoms with Crippen molar-refractivity contribution < 1.29 is 28.2 Å². The summed E-state index contributed by atoms with van der Waals surface area (Å²) in [6.45, 7) is 0.523. The van der Waals surface area contributed by atoms with Crippen LogP contribution < -0.4 is 15.0 Å². The van der Waals surface area contributed by atoms with E-state index in [-0.39, 0.29) is 31.5 Å². The Morgan fingerprint density at radius 3 is 2.41 bits per heavy atom. The third-order valence-electron chi connectivity index (χ3n) is 4.34. The lowest BCUT2D eigenvalue weighted by Gasteiger charge is -2.15. The summed E-state index contributed by atoms with van der Waals surface area (Å²) in [4.78, 5) is 37.3. The Labute approximate surface area is 167 Å². The largest absolute Gasteiger partial charge is 0.490 e. The zero-order valence-corrected chi connectivity index (χ0v) is 15.7. The van der Waals surface area contributed by atoms with Crippen molar-refractivity contribution in [2.45, 2.75) is 12.8 Å². The van der Waals surface area contributed by atoms with Crippen molar-refractivity contribution in [1.82, 2.24) is 5.32 Å². The number of benzene rings is 2. The molecule has 1 N–H and O–H groups in total. The molecule has 0 aromatic heterocycles. The van der Waals surface area contributed by atoms with Gasteiger partial charge in [-0.15, -0.1) is 0 Å². The lowest BCUT2D eigenvalue weighted by molar-refractivity contribution is -0.143. The van der Waals surface area contributed by atoms with Crippen LogP contribution in [0.4, 0.5) is 10.1 Å². The molecular formula is C21H21FN2O5. The van der Waals surface area contributed by atoms with Gasteiger partial charge >= 0.3 is 5.97 Å².